The Morgan fingerprint density at radius 1 is 0.949 bits per heavy atom. The number of nitrogens with one attached hydrogen (secondary N) is 1. The topological polar surface area (TPSA) is 131 Å². The predicted octanol–water partition coefficient (Wildman–Crippen LogP) is 4.33. The fourth-order valence-electron chi connectivity index (χ4n) is 3.99. The van der Waals surface area contributed by atoms with E-state index < -0.39 is 17.8 Å². The highest BCUT2D eigenvalue weighted by Crippen LogP contribution is 2.37. The van der Waals surface area contributed by atoms with Gasteiger partial charge in [-0.25, -0.2) is 9.97 Å². The molecule has 4 rings (SSSR count). The molecule has 0 atom stereocenters. The van der Waals surface area contributed by atoms with Gasteiger partial charge in [0.15, 0.2) is 11.5 Å². The quantitative estimate of drug-likeness (QED) is 0.315. The Morgan fingerprint density at radius 3 is 2.18 bits per heavy atom. The van der Waals surface area contributed by atoms with Crippen molar-refractivity contribution in [3.63, 3.8) is 0 Å². The van der Waals surface area contributed by atoms with Crippen molar-refractivity contribution >= 4 is 16.8 Å². The first-order valence-corrected chi connectivity index (χ1v) is 11.5. The van der Waals surface area contributed by atoms with Crippen LogP contribution in [0.5, 0.6) is 23.0 Å². The maximum absolute atomic E-state index is 13.3. The average Bonchev–Trinajstić information content (AvgIpc) is 3.38. The Morgan fingerprint density at radius 2 is 1.62 bits per heavy atom. The number of methoxy groups -OCH3 is 4. The number of nitrogens with two attached hydrogens (primary N) is 1. The van der Waals surface area contributed by atoms with Crippen molar-refractivity contribution < 1.29 is 41.3 Å². The summed E-state index contributed by atoms with van der Waals surface area (Å²) in [5.74, 6) is 0.971. The Balaban J connectivity index is 1.69. The van der Waals surface area contributed by atoms with Crippen LogP contribution in [-0.2, 0) is 19.3 Å². The molecule has 0 aliphatic rings. The number of ether oxygens (including phenoxy) is 4. The number of benzene rings is 2. The number of amides is 1. The summed E-state index contributed by atoms with van der Waals surface area (Å²) in [6.45, 7) is -0.146. The Bertz CT molecular complexity index is 1490. The Kier molecular flexibility index (Phi) is 7.81. The van der Waals surface area contributed by atoms with Gasteiger partial charge in [0.2, 0.25) is 5.89 Å². The van der Waals surface area contributed by atoms with Crippen LogP contribution in [0, 0.1) is 0 Å². The average molecular weight is 547 g/mol. The lowest BCUT2D eigenvalue weighted by Gasteiger charge is -2.15. The van der Waals surface area contributed by atoms with E-state index in [0.29, 0.717) is 28.4 Å². The molecule has 4 aromatic rings. The van der Waals surface area contributed by atoms with Crippen LogP contribution in [0.3, 0.4) is 0 Å². The minimum atomic E-state index is -4.65. The number of halogens is 3. The number of oxazole rings is 1. The first kappa shape index (κ1) is 27.5. The van der Waals surface area contributed by atoms with Crippen molar-refractivity contribution in [3.8, 4) is 34.5 Å². The van der Waals surface area contributed by atoms with Crippen molar-refractivity contribution in [1.82, 2.24) is 15.3 Å². The summed E-state index contributed by atoms with van der Waals surface area (Å²) < 4.78 is 66.9. The van der Waals surface area contributed by atoms with Crippen molar-refractivity contribution in [1.29, 1.82) is 0 Å². The normalized spacial score (nSPS) is 11.4. The number of nitrogens with zero attached hydrogens (tertiary/aromatic N) is 2. The van der Waals surface area contributed by atoms with Crippen LogP contribution in [0.25, 0.3) is 22.4 Å². The van der Waals surface area contributed by atoms with Crippen LogP contribution in [0.4, 0.5) is 13.2 Å². The van der Waals surface area contributed by atoms with Gasteiger partial charge in [-0.3, -0.25) is 4.79 Å². The fourth-order valence-corrected chi connectivity index (χ4v) is 3.99. The smallest absolute Gasteiger partial charge is 0.433 e. The third kappa shape index (κ3) is 5.39. The van der Waals surface area contributed by atoms with E-state index in [1.54, 1.807) is 18.2 Å². The molecule has 2 aromatic heterocycles. The molecule has 0 aliphatic heterocycles. The van der Waals surface area contributed by atoms with E-state index in [-0.39, 0.29) is 47.1 Å². The van der Waals surface area contributed by atoms with Crippen molar-refractivity contribution in [2.24, 2.45) is 5.73 Å². The molecule has 206 valence electrons. The van der Waals surface area contributed by atoms with Crippen LogP contribution < -0.4 is 30.0 Å². The van der Waals surface area contributed by atoms with E-state index in [1.807, 2.05) is 0 Å². The lowest BCUT2D eigenvalue weighted by atomic mass is 10.1. The largest absolute Gasteiger partial charge is 0.496 e. The van der Waals surface area contributed by atoms with Gasteiger partial charge in [0, 0.05) is 23.1 Å². The zero-order valence-corrected chi connectivity index (χ0v) is 21.4. The van der Waals surface area contributed by atoms with E-state index in [9.17, 15) is 18.0 Å². The number of carbonyl (C=O) groups is 1. The molecule has 39 heavy (non-hydrogen) atoms. The first-order valence-electron chi connectivity index (χ1n) is 11.5. The van der Waals surface area contributed by atoms with Gasteiger partial charge < -0.3 is 34.4 Å². The highest BCUT2D eigenvalue weighted by Gasteiger charge is 2.33. The van der Waals surface area contributed by atoms with Crippen LogP contribution in [0.15, 0.2) is 40.8 Å². The molecular weight excluding hydrogens is 521 g/mol. The van der Waals surface area contributed by atoms with Crippen LogP contribution in [-0.4, -0.2) is 44.3 Å². The molecule has 0 radical (unpaired) electrons. The molecule has 3 N–H and O–H groups in total. The third-order valence-electron chi connectivity index (χ3n) is 5.90. The molecule has 13 heteroatoms. The van der Waals surface area contributed by atoms with E-state index >= 15 is 0 Å². The minimum Gasteiger partial charge on any atom is -0.496 e. The molecule has 0 aliphatic carbocycles. The number of hydrogen-bond acceptors (Lipinski definition) is 9. The maximum atomic E-state index is 13.3. The van der Waals surface area contributed by atoms with Gasteiger partial charge in [0.1, 0.15) is 34.2 Å². The number of aromatic nitrogens is 2. The maximum Gasteiger partial charge on any atom is 0.433 e. The zero-order valence-electron chi connectivity index (χ0n) is 21.4. The van der Waals surface area contributed by atoms with Crippen molar-refractivity contribution in [2.45, 2.75) is 19.3 Å². The number of carbonyl (C=O) groups excluding carboxylic acids is 1. The lowest BCUT2D eigenvalue weighted by molar-refractivity contribution is -0.140. The van der Waals surface area contributed by atoms with Gasteiger partial charge in [-0.05, 0) is 24.3 Å². The molecule has 0 bridgehead atoms. The predicted molar refractivity (Wildman–Crippen MR) is 134 cm³/mol. The van der Waals surface area contributed by atoms with E-state index in [0.717, 1.165) is 6.07 Å². The SMILES string of the molecule is COc1cc(OC)c(CNC(=O)c2nc(-c3ccc(OC)c4nc(C(F)(F)F)ccc34)oc2CN)c(OC)c1. The minimum absolute atomic E-state index is 0.0109. The van der Waals surface area contributed by atoms with E-state index in [4.69, 9.17) is 29.1 Å². The second kappa shape index (κ2) is 11.1. The van der Waals surface area contributed by atoms with Gasteiger partial charge in [0.25, 0.3) is 5.91 Å². The van der Waals surface area contributed by atoms with Gasteiger partial charge in [0.05, 0.1) is 47.1 Å². The molecule has 0 saturated heterocycles. The summed E-state index contributed by atoms with van der Waals surface area (Å²) in [5.41, 5.74) is 5.47. The lowest BCUT2D eigenvalue weighted by Crippen LogP contribution is -2.25. The fraction of sp³-hybridized carbons (Fsp3) is 0.269. The molecule has 1 amide bonds. The monoisotopic (exact) mass is 546 g/mol. The van der Waals surface area contributed by atoms with E-state index in [1.165, 1.54) is 40.6 Å². The highest BCUT2D eigenvalue weighted by molar-refractivity contribution is 5.98. The first-order chi connectivity index (χ1) is 18.6. The molecule has 2 aromatic carbocycles. The number of fused-ring (bicyclic) bond motifs is 1. The second-order valence-electron chi connectivity index (χ2n) is 8.09. The van der Waals surface area contributed by atoms with Crippen molar-refractivity contribution in [2.75, 3.05) is 28.4 Å². The summed E-state index contributed by atoms with van der Waals surface area (Å²) in [7, 11) is 5.77. The summed E-state index contributed by atoms with van der Waals surface area (Å²) in [4.78, 5) is 21.2. The highest BCUT2D eigenvalue weighted by atomic mass is 19.4. The number of hydrogen-bond donors (Lipinski definition) is 2. The van der Waals surface area contributed by atoms with Crippen molar-refractivity contribution in [3.05, 3.63) is 59.1 Å². The molecule has 0 unspecified atom stereocenters. The molecule has 10 nitrogen and oxygen atoms in total. The molecule has 2 heterocycles. The van der Waals surface area contributed by atoms with E-state index in [2.05, 4.69) is 15.3 Å². The molecule has 0 spiro atoms. The molecule has 0 fully saturated rings. The summed E-state index contributed by atoms with van der Waals surface area (Å²) in [6, 6.07) is 8.39. The van der Waals surface area contributed by atoms with Gasteiger partial charge in [-0.2, -0.15) is 13.2 Å². The van der Waals surface area contributed by atoms with Crippen LogP contribution >= 0.6 is 0 Å². The number of pyridine rings is 1. The summed E-state index contributed by atoms with van der Waals surface area (Å²) in [6.07, 6.45) is -4.65. The number of alkyl halides is 3. The van der Waals surface area contributed by atoms with Gasteiger partial charge >= 0.3 is 6.18 Å². The summed E-state index contributed by atoms with van der Waals surface area (Å²) >= 11 is 0. The zero-order chi connectivity index (χ0) is 28.3. The number of rotatable bonds is 9. The third-order valence-corrected chi connectivity index (χ3v) is 5.90. The standard InChI is InChI=1S/C26H25F3N4O6/c1-35-13-9-18(37-3)16(19(10-13)38-4)12-31-24(34)23-20(11-30)39-25(33-23)15-5-7-17(36-2)22-14(15)6-8-21(32-22)26(27,28)29/h5-10H,11-12,30H2,1-4H3,(H,31,34). The Hall–Kier alpha value is -4.52. The second-order valence-corrected chi connectivity index (χ2v) is 8.09. The Labute approximate surface area is 220 Å². The van der Waals surface area contributed by atoms with Crippen LogP contribution in [0.2, 0.25) is 0 Å². The van der Waals surface area contributed by atoms with Gasteiger partial charge in [-0.1, -0.05) is 0 Å². The van der Waals surface area contributed by atoms with Crippen LogP contribution in [0.1, 0.15) is 27.5 Å². The molecule has 0 saturated carbocycles. The summed E-state index contributed by atoms with van der Waals surface area (Å²) in [5, 5.41) is 3.03. The molecular formula is C26H25F3N4O6. The van der Waals surface area contributed by atoms with Gasteiger partial charge in [-0.15, -0.1) is 0 Å².